The monoisotopic (exact) mass is 681 g/mol. The number of hydrogen-bond donors (Lipinski definition) is 3. The number of imide groups is 2. The van der Waals surface area contributed by atoms with Crippen molar-refractivity contribution in [2.24, 2.45) is 5.73 Å². The van der Waals surface area contributed by atoms with E-state index in [1.165, 1.54) is 9.42 Å². The Morgan fingerprint density at radius 3 is 1.90 bits per heavy atom. The van der Waals surface area contributed by atoms with E-state index in [9.17, 15) is 33.9 Å². The number of rotatable bonds is 6. The Labute approximate surface area is 288 Å². The molecule has 1 fully saturated rings. The van der Waals surface area contributed by atoms with Crippen molar-refractivity contribution in [3.05, 3.63) is 80.2 Å². The number of nitrogens with zero attached hydrogens (tertiary/aromatic N) is 5. The second-order valence-corrected chi connectivity index (χ2v) is 12.1. The summed E-state index contributed by atoms with van der Waals surface area (Å²) in [6.45, 7) is 14.7. The second kappa shape index (κ2) is 15.8. The van der Waals surface area contributed by atoms with Crippen LogP contribution >= 0.6 is 0 Å². The number of unbranched alkanes of at least 4 members (excludes halogenated alkanes) is 1. The van der Waals surface area contributed by atoms with Crippen LogP contribution in [0.15, 0.2) is 63.8 Å². The predicted octanol–water partition coefficient (Wildman–Crippen LogP) is 3.41. The van der Waals surface area contributed by atoms with Crippen molar-refractivity contribution in [1.29, 1.82) is 5.26 Å². The lowest BCUT2D eigenvalue weighted by atomic mass is 9.92. The first-order valence-electron chi connectivity index (χ1n) is 15.7. The van der Waals surface area contributed by atoms with Gasteiger partial charge in [-0.25, -0.2) is 14.3 Å². The van der Waals surface area contributed by atoms with Crippen molar-refractivity contribution in [2.45, 2.75) is 68.2 Å². The van der Waals surface area contributed by atoms with Gasteiger partial charge in [-0.3, -0.25) is 34.2 Å². The molecule has 0 radical (unpaired) electrons. The molecule has 2 aromatic heterocycles. The van der Waals surface area contributed by atoms with Crippen molar-refractivity contribution in [1.82, 2.24) is 24.8 Å². The molecule has 260 valence electrons. The van der Waals surface area contributed by atoms with Gasteiger partial charge in [0.1, 0.15) is 22.8 Å². The van der Waals surface area contributed by atoms with Gasteiger partial charge in [0, 0.05) is 17.7 Å². The summed E-state index contributed by atoms with van der Waals surface area (Å²) in [7, 11) is 0. The molecule has 4 N–H and O–H groups in total. The molecule has 4 heterocycles. The maximum absolute atomic E-state index is 12.3. The highest BCUT2D eigenvalue weighted by atomic mass is 16.4. The van der Waals surface area contributed by atoms with Crippen LogP contribution in [0.5, 0.6) is 0 Å². The number of primary amides is 1. The molecule has 2 aliphatic heterocycles. The SMILES string of the molecule is CC(C)=C1C(=O)NC1=O.CC(C)=c1c(C(N)=O)c(C(=O)O)c2nc(-c3ccccc3)nn12.CCCCN1C(=O)C(C#N)=C(C)C(=C(C)C)C1=O. The summed E-state index contributed by atoms with van der Waals surface area (Å²) in [4.78, 5) is 74.2. The number of nitriles is 1. The van der Waals surface area contributed by atoms with Gasteiger partial charge < -0.3 is 10.8 Å². The van der Waals surface area contributed by atoms with Crippen molar-refractivity contribution >= 4 is 46.7 Å². The van der Waals surface area contributed by atoms with E-state index in [2.05, 4.69) is 15.4 Å². The van der Waals surface area contributed by atoms with Gasteiger partial charge in [0.05, 0.1) is 10.9 Å². The molecule has 14 nitrogen and oxygen atoms in total. The lowest BCUT2D eigenvalue weighted by Gasteiger charge is -2.28. The number of carboxylic acid groups (broad SMARTS) is 1. The molecule has 50 heavy (non-hydrogen) atoms. The number of aromatic nitrogens is 3. The van der Waals surface area contributed by atoms with Crippen molar-refractivity contribution in [3.8, 4) is 17.5 Å². The van der Waals surface area contributed by atoms with Crippen molar-refractivity contribution in [3.63, 3.8) is 0 Å². The molecule has 5 rings (SSSR count). The Bertz CT molecular complexity index is 2100. The molecule has 0 unspecified atom stereocenters. The molecule has 1 saturated heterocycles. The Kier molecular flexibility index (Phi) is 12.1. The predicted molar refractivity (Wildman–Crippen MR) is 184 cm³/mol. The molecule has 1 aromatic carbocycles. The van der Waals surface area contributed by atoms with Gasteiger partial charge in [-0.15, -0.1) is 5.10 Å². The van der Waals surface area contributed by atoms with E-state index in [0.717, 1.165) is 35.1 Å². The van der Waals surface area contributed by atoms with E-state index in [0.29, 0.717) is 34.4 Å². The molecule has 2 aliphatic rings. The quantitative estimate of drug-likeness (QED) is 0.149. The minimum absolute atomic E-state index is 0.0629. The summed E-state index contributed by atoms with van der Waals surface area (Å²) >= 11 is 0. The number of aromatic carboxylic acids is 1. The lowest BCUT2D eigenvalue weighted by Crippen LogP contribution is -2.47. The van der Waals surface area contributed by atoms with Crippen LogP contribution in [0.3, 0.4) is 0 Å². The van der Waals surface area contributed by atoms with Crippen LogP contribution in [0.2, 0.25) is 0 Å². The molecule has 5 amide bonds. The molecule has 0 bridgehead atoms. The zero-order valence-corrected chi connectivity index (χ0v) is 29.2. The Balaban J connectivity index is 0.000000222. The summed E-state index contributed by atoms with van der Waals surface area (Å²) in [5.41, 5.74) is 9.71. The Hall–Kier alpha value is -6.23. The summed E-state index contributed by atoms with van der Waals surface area (Å²) in [6, 6.07) is 11.1. The smallest absolute Gasteiger partial charge is 0.340 e. The fourth-order valence-electron chi connectivity index (χ4n) is 5.35. The van der Waals surface area contributed by atoms with Gasteiger partial charge in [0.15, 0.2) is 11.5 Å². The maximum atomic E-state index is 12.3. The highest BCUT2D eigenvalue weighted by molar-refractivity contribution is 6.34. The van der Waals surface area contributed by atoms with E-state index in [1.54, 1.807) is 34.6 Å². The Morgan fingerprint density at radius 1 is 0.900 bits per heavy atom. The number of fused-ring (bicyclic) bond motifs is 1. The Morgan fingerprint density at radius 2 is 1.48 bits per heavy atom. The topological polar surface area (TPSA) is 218 Å². The van der Waals surface area contributed by atoms with Crippen LogP contribution in [0.25, 0.3) is 22.6 Å². The zero-order valence-electron chi connectivity index (χ0n) is 29.2. The molecule has 3 aromatic rings. The van der Waals surface area contributed by atoms with E-state index < -0.39 is 17.8 Å². The lowest BCUT2D eigenvalue weighted by molar-refractivity contribution is -0.141. The van der Waals surface area contributed by atoms with Gasteiger partial charge >= 0.3 is 5.97 Å². The molecule has 0 saturated carbocycles. The first-order chi connectivity index (χ1) is 23.5. The van der Waals surface area contributed by atoms with Gasteiger partial charge in [-0.1, -0.05) is 54.8 Å². The van der Waals surface area contributed by atoms with Crippen LogP contribution in [0.4, 0.5) is 0 Å². The average molecular weight is 682 g/mol. The number of carboxylic acids is 1. The van der Waals surface area contributed by atoms with Crippen LogP contribution in [-0.4, -0.2) is 66.7 Å². The van der Waals surface area contributed by atoms with E-state index >= 15 is 0 Å². The summed E-state index contributed by atoms with van der Waals surface area (Å²) < 4.78 is 1.38. The number of allylic oxidation sites excluding steroid dienone is 2. The van der Waals surface area contributed by atoms with Crippen LogP contribution < -0.4 is 16.4 Å². The molecule has 14 heteroatoms. The van der Waals surface area contributed by atoms with Gasteiger partial charge in [-0.2, -0.15) is 5.26 Å². The minimum Gasteiger partial charge on any atom is -0.478 e. The number of nitrogens with one attached hydrogen (secondary N) is 1. The fraction of sp³-hybridized carbons (Fsp3) is 0.306. The number of hydrogen-bond acceptors (Lipinski definition) is 9. The first kappa shape index (κ1) is 38.2. The number of benzene rings is 1. The molecular formula is C36H39N7O7. The second-order valence-electron chi connectivity index (χ2n) is 12.1. The number of β-lactam (4-membered cyclic amide) rings is 2. The maximum Gasteiger partial charge on any atom is 0.340 e. The summed E-state index contributed by atoms with van der Waals surface area (Å²) in [6.07, 6.45) is 1.65. The zero-order chi connectivity index (χ0) is 37.6. The van der Waals surface area contributed by atoms with E-state index in [1.807, 2.05) is 57.2 Å². The van der Waals surface area contributed by atoms with Crippen molar-refractivity contribution < 1.29 is 33.9 Å². The summed E-state index contributed by atoms with van der Waals surface area (Å²) in [5.74, 6) is -2.92. The van der Waals surface area contributed by atoms with Crippen LogP contribution in [-0.2, 0) is 19.2 Å². The van der Waals surface area contributed by atoms with E-state index in [4.69, 9.17) is 11.0 Å². The average Bonchev–Trinajstić information content (AvgIpc) is 3.59. The third-order valence-electron chi connectivity index (χ3n) is 7.69. The third kappa shape index (κ3) is 7.57. The molecule has 0 spiro atoms. The minimum atomic E-state index is -1.26. The summed E-state index contributed by atoms with van der Waals surface area (Å²) in [5, 5.41) is 25.4. The van der Waals surface area contributed by atoms with Gasteiger partial charge in [0.2, 0.25) is 0 Å². The fourth-order valence-corrected chi connectivity index (χ4v) is 5.35. The highest BCUT2D eigenvalue weighted by Gasteiger charge is 2.35. The van der Waals surface area contributed by atoms with Crippen LogP contribution in [0, 0.1) is 11.3 Å². The van der Waals surface area contributed by atoms with Gasteiger partial charge in [0.25, 0.3) is 29.5 Å². The number of carbonyl (C=O) groups excluding carboxylic acids is 5. The van der Waals surface area contributed by atoms with Crippen molar-refractivity contribution in [2.75, 3.05) is 6.54 Å². The number of amides is 5. The number of carbonyl (C=O) groups is 6. The molecule has 0 atom stereocenters. The molecule has 0 aliphatic carbocycles. The first-order valence-corrected chi connectivity index (χ1v) is 15.7. The van der Waals surface area contributed by atoms with Gasteiger partial charge in [-0.05, 0) is 66.0 Å². The van der Waals surface area contributed by atoms with Crippen LogP contribution in [0.1, 0.15) is 88.9 Å². The standard InChI is InChI=1S/C16H14N4O3.C14H18N2O2.C6H7NO2/c1-8(2)12-10(13(17)21)11(16(22)23)15-18-14(19-20(12)15)9-6-4-3-5-7-9;1-5-6-7-16-13(17)11(8-15)10(4)12(9(2)3)14(16)18;1-3(2)4-5(8)7-6(4)9/h3-7H,1-2H3,(H2,17,21)(H,22,23);5-7H2,1-4H3;1-2H3,(H,7,8,9). The van der Waals surface area contributed by atoms with E-state index in [-0.39, 0.29) is 40.1 Å². The molecular weight excluding hydrogens is 642 g/mol. The number of nitrogens with two attached hydrogens (primary N) is 1. The third-order valence-corrected chi connectivity index (χ3v) is 7.69. The normalized spacial score (nSPS) is 13.9. The largest absolute Gasteiger partial charge is 0.478 e. The highest BCUT2D eigenvalue weighted by Crippen LogP contribution is 2.27.